The highest BCUT2D eigenvalue weighted by Crippen LogP contribution is 2.35. The number of amides is 2. The van der Waals surface area contributed by atoms with Gasteiger partial charge in [-0.2, -0.15) is 0 Å². The minimum absolute atomic E-state index is 0.0595. The molecule has 0 radical (unpaired) electrons. The van der Waals surface area contributed by atoms with Gasteiger partial charge in [-0.15, -0.1) is 0 Å². The number of anilines is 1. The number of likely N-dealkylation sites (tertiary alicyclic amines) is 1. The minimum Gasteiger partial charge on any atom is -0.338 e. The predicted molar refractivity (Wildman–Crippen MR) is 98.7 cm³/mol. The summed E-state index contributed by atoms with van der Waals surface area (Å²) in [5.74, 6) is 0.0351. The van der Waals surface area contributed by atoms with E-state index < -0.39 is 0 Å². The van der Waals surface area contributed by atoms with Crippen molar-refractivity contribution < 1.29 is 9.59 Å². The number of nitrogens with zero attached hydrogens (tertiary/aromatic N) is 2. The Morgan fingerprint density at radius 3 is 2.64 bits per heavy atom. The third-order valence-electron chi connectivity index (χ3n) is 5.16. The Balaban J connectivity index is 1.61. The fourth-order valence-electron chi connectivity index (χ4n) is 3.89. The number of likely N-dealkylation sites (N-methyl/N-ethyl adjacent to an activating group) is 1. The van der Waals surface area contributed by atoms with Gasteiger partial charge in [0.15, 0.2) is 0 Å². The van der Waals surface area contributed by atoms with Crippen LogP contribution in [0.15, 0.2) is 24.3 Å². The molecule has 2 aliphatic rings. The molecule has 2 amide bonds. The second kappa shape index (κ2) is 7.54. The number of carbonyl (C=O) groups is 2. The minimum atomic E-state index is -0.0595. The molecule has 6 nitrogen and oxygen atoms in total. The van der Waals surface area contributed by atoms with Gasteiger partial charge in [0.25, 0.3) is 5.91 Å². The van der Waals surface area contributed by atoms with Crippen LogP contribution in [-0.4, -0.2) is 68.4 Å². The standard InChI is InChI=1S/C19H28N4O2/c1-22(2)12-17(24)21-16-6-4-15(5-7-16)18(25)23-11-3-8-19(14-23)9-10-20-13-19/h4-7,20H,3,8-14H2,1-2H3,(H,21,24)/t19-/m1/s1. The summed E-state index contributed by atoms with van der Waals surface area (Å²) in [6.07, 6.45) is 3.44. The van der Waals surface area contributed by atoms with Gasteiger partial charge in [0.1, 0.15) is 0 Å². The largest absolute Gasteiger partial charge is 0.338 e. The van der Waals surface area contributed by atoms with Crippen molar-refractivity contribution >= 4 is 17.5 Å². The van der Waals surface area contributed by atoms with Crippen molar-refractivity contribution in [2.75, 3.05) is 52.1 Å². The van der Waals surface area contributed by atoms with Crippen molar-refractivity contribution in [2.24, 2.45) is 5.41 Å². The lowest BCUT2D eigenvalue weighted by molar-refractivity contribution is -0.116. The summed E-state index contributed by atoms with van der Waals surface area (Å²) < 4.78 is 0. The fourth-order valence-corrected chi connectivity index (χ4v) is 3.89. The maximum atomic E-state index is 12.8. The molecule has 6 heteroatoms. The molecule has 2 aliphatic heterocycles. The smallest absolute Gasteiger partial charge is 0.253 e. The van der Waals surface area contributed by atoms with E-state index in [-0.39, 0.29) is 17.2 Å². The topological polar surface area (TPSA) is 64.7 Å². The van der Waals surface area contributed by atoms with Crippen LogP contribution in [0.25, 0.3) is 0 Å². The van der Waals surface area contributed by atoms with Gasteiger partial charge in [0.05, 0.1) is 6.54 Å². The molecule has 3 rings (SSSR count). The summed E-state index contributed by atoms with van der Waals surface area (Å²) in [6.45, 7) is 4.10. The van der Waals surface area contributed by atoms with E-state index in [0.29, 0.717) is 12.1 Å². The monoisotopic (exact) mass is 344 g/mol. The van der Waals surface area contributed by atoms with E-state index in [1.807, 2.05) is 36.0 Å². The van der Waals surface area contributed by atoms with Crippen molar-refractivity contribution in [1.29, 1.82) is 0 Å². The van der Waals surface area contributed by atoms with Crippen LogP contribution in [0.2, 0.25) is 0 Å². The van der Waals surface area contributed by atoms with Crippen LogP contribution in [0.3, 0.4) is 0 Å². The summed E-state index contributed by atoms with van der Waals surface area (Å²) in [5, 5.41) is 6.28. The van der Waals surface area contributed by atoms with Crippen LogP contribution in [0, 0.1) is 5.41 Å². The molecule has 2 N–H and O–H groups in total. The van der Waals surface area contributed by atoms with Crippen molar-refractivity contribution in [1.82, 2.24) is 15.1 Å². The first-order valence-electron chi connectivity index (χ1n) is 9.02. The van der Waals surface area contributed by atoms with Crippen LogP contribution < -0.4 is 10.6 Å². The lowest BCUT2D eigenvalue weighted by Gasteiger charge is -2.40. The van der Waals surface area contributed by atoms with E-state index in [9.17, 15) is 9.59 Å². The van der Waals surface area contributed by atoms with E-state index in [2.05, 4.69) is 10.6 Å². The number of rotatable bonds is 4. The molecule has 25 heavy (non-hydrogen) atoms. The van der Waals surface area contributed by atoms with Crippen molar-refractivity contribution in [3.63, 3.8) is 0 Å². The number of carbonyl (C=O) groups excluding carboxylic acids is 2. The second-order valence-electron chi connectivity index (χ2n) is 7.62. The van der Waals surface area contributed by atoms with Gasteiger partial charge in [-0.3, -0.25) is 9.59 Å². The van der Waals surface area contributed by atoms with E-state index >= 15 is 0 Å². The highest BCUT2D eigenvalue weighted by Gasteiger charge is 2.39. The molecule has 0 aromatic heterocycles. The lowest BCUT2D eigenvalue weighted by Crippen LogP contribution is -2.47. The summed E-state index contributed by atoms with van der Waals surface area (Å²) in [6, 6.07) is 7.22. The molecule has 136 valence electrons. The number of piperidine rings is 1. The van der Waals surface area contributed by atoms with Gasteiger partial charge in [0, 0.05) is 36.3 Å². The van der Waals surface area contributed by atoms with E-state index in [4.69, 9.17) is 0 Å². The third kappa shape index (κ3) is 4.38. The van der Waals surface area contributed by atoms with Gasteiger partial charge in [-0.1, -0.05) is 0 Å². The Kier molecular flexibility index (Phi) is 5.39. The third-order valence-corrected chi connectivity index (χ3v) is 5.16. The summed E-state index contributed by atoms with van der Waals surface area (Å²) in [5.41, 5.74) is 1.68. The van der Waals surface area contributed by atoms with Crippen LogP contribution in [-0.2, 0) is 4.79 Å². The molecule has 0 bridgehead atoms. The van der Waals surface area contributed by atoms with Gasteiger partial charge in [-0.05, 0) is 64.2 Å². The average molecular weight is 344 g/mol. The Morgan fingerprint density at radius 2 is 2.00 bits per heavy atom. The van der Waals surface area contributed by atoms with Crippen LogP contribution >= 0.6 is 0 Å². The lowest BCUT2D eigenvalue weighted by atomic mass is 9.79. The molecule has 2 heterocycles. The molecule has 0 saturated carbocycles. The Labute approximate surface area is 149 Å². The molecule has 1 spiro atoms. The van der Waals surface area contributed by atoms with Crippen molar-refractivity contribution in [3.05, 3.63) is 29.8 Å². The molecule has 1 atom stereocenters. The molecular weight excluding hydrogens is 316 g/mol. The summed E-state index contributed by atoms with van der Waals surface area (Å²) in [4.78, 5) is 28.4. The second-order valence-corrected chi connectivity index (χ2v) is 7.62. The maximum absolute atomic E-state index is 12.8. The van der Waals surface area contributed by atoms with E-state index in [1.54, 1.807) is 12.1 Å². The van der Waals surface area contributed by atoms with Crippen LogP contribution in [0.1, 0.15) is 29.6 Å². The summed E-state index contributed by atoms with van der Waals surface area (Å²) >= 11 is 0. The molecule has 1 aromatic rings. The van der Waals surface area contributed by atoms with Gasteiger partial charge < -0.3 is 20.4 Å². The zero-order valence-corrected chi connectivity index (χ0v) is 15.2. The molecular formula is C19H28N4O2. The quantitative estimate of drug-likeness (QED) is 0.867. The number of hydrogen-bond donors (Lipinski definition) is 2. The zero-order chi connectivity index (χ0) is 17.9. The van der Waals surface area contributed by atoms with E-state index in [1.165, 1.54) is 6.42 Å². The Hall–Kier alpha value is -1.92. The predicted octanol–water partition coefficient (Wildman–Crippen LogP) is 1.40. The average Bonchev–Trinajstić information content (AvgIpc) is 3.02. The molecule has 2 saturated heterocycles. The Bertz CT molecular complexity index is 621. The molecule has 2 fully saturated rings. The van der Waals surface area contributed by atoms with Gasteiger partial charge in [0.2, 0.25) is 5.91 Å². The number of benzene rings is 1. The van der Waals surface area contributed by atoms with Gasteiger partial charge >= 0.3 is 0 Å². The molecule has 0 aliphatic carbocycles. The van der Waals surface area contributed by atoms with Crippen molar-refractivity contribution in [3.8, 4) is 0 Å². The first kappa shape index (κ1) is 17.9. The maximum Gasteiger partial charge on any atom is 0.253 e. The fraction of sp³-hybridized carbons (Fsp3) is 0.579. The van der Waals surface area contributed by atoms with Crippen LogP contribution in [0.5, 0.6) is 0 Å². The molecule has 0 unspecified atom stereocenters. The van der Waals surface area contributed by atoms with Gasteiger partial charge in [-0.25, -0.2) is 0 Å². The number of nitrogens with one attached hydrogen (secondary N) is 2. The SMILES string of the molecule is CN(C)CC(=O)Nc1ccc(C(=O)N2CCC[C@]3(CCNC3)C2)cc1. The highest BCUT2D eigenvalue weighted by atomic mass is 16.2. The van der Waals surface area contributed by atoms with E-state index in [0.717, 1.165) is 44.7 Å². The first-order chi connectivity index (χ1) is 12.0. The highest BCUT2D eigenvalue weighted by molar-refractivity contribution is 5.96. The van der Waals surface area contributed by atoms with Crippen molar-refractivity contribution in [2.45, 2.75) is 19.3 Å². The number of hydrogen-bond acceptors (Lipinski definition) is 4. The Morgan fingerprint density at radius 1 is 1.24 bits per heavy atom. The molecule has 1 aromatic carbocycles. The summed E-state index contributed by atoms with van der Waals surface area (Å²) in [7, 11) is 3.71. The first-order valence-corrected chi connectivity index (χ1v) is 9.02. The van der Waals surface area contributed by atoms with Crippen LogP contribution in [0.4, 0.5) is 5.69 Å². The normalized spacial score (nSPS) is 23.2. The zero-order valence-electron chi connectivity index (χ0n) is 15.2.